The fourth-order valence-corrected chi connectivity index (χ4v) is 3.90. The monoisotopic (exact) mass is 423 g/mol. The van der Waals surface area contributed by atoms with E-state index >= 15 is 0 Å². The van der Waals surface area contributed by atoms with Crippen LogP contribution in [0, 0.1) is 17.2 Å². The van der Waals surface area contributed by atoms with Gasteiger partial charge in [0.05, 0.1) is 23.2 Å². The number of hydrogen-bond acceptors (Lipinski definition) is 5. The smallest absolute Gasteiger partial charge is 0.332 e. The van der Waals surface area contributed by atoms with Crippen molar-refractivity contribution in [3.63, 3.8) is 0 Å². The van der Waals surface area contributed by atoms with Gasteiger partial charge >= 0.3 is 6.03 Å². The first-order valence-electron chi connectivity index (χ1n) is 10.1. The molecule has 3 rings (SSSR count). The number of amides is 4. The minimum atomic E-state index is -0.765. The highest BCUT2D eigenvalue weighted by atomic mass is 16.2. The van der Waals surface area contributed by atoms with Crippen molar-refractivity contribution in [2.24, 2.45) is 16.8 Å². The van der Waals surface area contributed by atoms with Crippen molar-refractivity contribution in [3.8, 4) is 6.07 Å². The number of nitriles is 1. The third-order valence-corrected chi connectivity index (χ3v) is 5.39. The average molecular weight is 423 g/mol. The van der Waals surface area contributed by atoms with Crippen LogP contribution in [-0.4, -0.2) is 41.1 Å². The number of urea groups is 1. The Morgan fingerprint density at radius 1 is 1.29 bits per heavy atom. The Labute approximate surface area is 179 Å². The molecule has 0 bridgehead atoms. The molecule has 31 heavy (non-hydrogen) atoms. The first kappa shape index (κ1) is 21.8. The fraction of sp³-hybridized carbons (Fsp3) is 0.381. The molecular weight excluding hydrogens is 398 g/mol. The van der Waals surface area contributed by atoms with Gasteiger partial charge in [0.2, 0.25) is 5.91 Å². The van der Waals surface area contributed by atoms with Gasteiger partial charge in [-0.05, 0) is 25.8 Å². The van der Waals surface area contributed by atoms with Crippen molar-refractivity contribution < 1.29 is 14.4 Å². The Balaban J connectivity index is 1.80. The molecule has 1 aliphatic rings. The van der Waals surface area contributed by atoms with Crippen molar-refractivity contribution >= 4 is 34.5 Å². The van der Waals surface area contributed by atoms with Crippen LogP contribution in [0.1, 0.15) is 48.7 Å². The van der Waals surface area contributed by atoms with E-state index in [1.54, 1.807) is 13.0 Å². The van der Waals surface area contributed by atoms with Crippen LogP contribution in [-0.2, 0) is 4.79 Å². The number of H-pyrrole nitrogens is 1. The maximum absolute atomic E-state index is 12.9. The van der Waals surface area contributed by atoms with Crippen molar-refractivity contribution in [1.29, 1.82) is 5.26 Å². The molecule has 0 aliphatic heterocycles. The Bertz CT molecular complexity index is 1070. The van der Waals surface area contributed by atoms with Gasteiger partial charge in [0.15, 0.2) is 0 Å². The molecule has 10 nitrogen and oxygen atoms in total. The highest BCUT2D eigenvalue weighted by Gasteiger charge is 2.32. The number of benzene rings is 1. The number of aromatic amines is 1. The SMILES string of the molecule is C/C(=N\NC(N)=O)c1cccc2cc(C(=O)N[C@H]3CCCC[C@H]3C(=O)NCC#N)[nH]c12. The van der Waals surface area contributed by atoms with E-state index in [4.69, 9.17) is 11.0 Å². The van der Waals surface area contributed by atoms with Gasteiger partial charge in [-0.1, -0.05) is 31.0 Å². The highest BCUT2D eigenvalue weighted by molar-refractivity contribution is 6.10. The minimum absolute atomic E-state index is 0.0493. The van der Waals surface area contributed by atoms with Crippen molar-refractivity contribution in [2.75, 3.05) is 6.54 Å². The second-order valence-electron chi connectivity index (χ2n) is 7.47. The first-order chi connectivity index (χ1) is 14.9. The number of nitrogens with two attached hydrogens (primary N) is 1. The molecule has 2 aromatic rings. The normalized spacial score (nSPS) is 18.8. The summed E-state index contributed by atoms with van der Waals surface area (Å²) in [4.78, 5) is 39.3. The summed E-state index contributed by atoms with van der Waals surface area (Å²) in [6.45, 7) is 1.67. The van der Waals surface area contributed by atoms with Gasteiger partial charge in [-0.3, -0.25) is 9.59 Å². The lowest BCUT2D eigenvalue weighted by atomic mass is 9.83. The van der Waals surface area contributed by atoms with Crippen molar-refractivity contribution in [3.05, 3.63) is 35.5 Å². The molecule has 0 spiro atoms. The molecule has 0 radical (unpaired) electrons. The third-order valence-electron chi connectivity index (χ3n) is 5.39. The number of rotatable bonds is 6. The molecule has 162 valence electrons. The average Bonchev–Trinajstić information content (AvgIpc) is 3.20. The number of hydrogen-bond donors (Lipinski definition) is 5. The molecule has 0 saturated heterocycles. The lowest BCUT2D eigenvalue weighted by Crippen LogP contribution is -2.48. The van der Waals surface area contributed by atoms with E-state index < -0.39 is 6.03 Å². The second-order valence-corrected chi connectivity index (χ2v) is 7.47. The number of nitrogens with one attached hydrogen (secondary N) is 4. The van der Waals surface area contributed by atoms with Gasteiger partial charge in [0.1, 0.15) is 12.2 Å². The molecule has 1 aromatic carbocycles. The van der Waals surface area contributed by atoms with E-state index in [9.17, 15) is 14.4 Å². The summed E-state index contributed by atoms with van der Waals surface area (Å²) in [6, 6.07) is 8.08. The maximum atomic E-state index is 12.9. The van der Waals surface area contributed by atoms with Gasteiger partial charge in [0.25, 0.3) is 5.91 Å². The van der Waals surface area contributed by atoms with E-state index in [0.717, 1.165) is 23.8 Å². The van der Waals surface area contributed by atoms with Crippen LogP contribution >= 0.6 is 0 Å². The summed E-state index contributed by atoms with van der Waals surface area (Å²) in [7, 11) is 0. The van der Waals surface area contributed by atoms with Gasteiger partial charge in [-0.15, -0.1) is 0 Å². The predicted molar refractivity (Wildman–Crippen MR) is 115 cm³/mol. The van der Waals surface area contributed by atoms with E-state index in [1.165, 1.54) is 0 Å². The molecule has 1 saturated carbocycles. The van der Waals surface area contributed by atoms with E-state index in [2.05, 4.69) is 26.1 Å². The number of primary amides is 1. The topological polar surface area (TPSA) is 165 Å². The Hall–Kier alpha value is -3.87. The molecule has 1 aromatic heterocycles. The van der Waals surface area contributed by atoms with Gasteiger partial charge in [0, 0.05) is 17.0 Å². The molecule has 6 N–H and O–H groups in total. The summed E-state index contributed by atoms with van der Waals surface area (Å²) < 4.78 is 0. The number of carbonyl (C=O) groups excluding carboxylic acids is 3. The Morgan fingerprint density at radius 2 is 2.06 bits per heavy atom. The Morgan fingerprint density at radius 3 is 2.81 bits per heavy atom. The number of fused-ring (bicyclic) bond motifs is 1. The highest BCUT2D eigenvalue weighted by Crippen LogP contribution is 2.26. The largest absolute Gasteiger partial charge is 0.350 e. The molecule has 1 aliphatic carbocycles. The molecule has 1 fully saturated rings. The fourth-order valence-electron chi connectivity index (χ4n) is 3.90. The van der Waals surface area contributed by atoms with E-state index in [-0.39, 0.29) is 30.3 Å². The lowest BCUT2D eigenvalue weighted by molar-refractivity contribution is -0.126. The molecule has 2 atom stereocenters. The Kier molecular flexibility index (Phi) is 6.87. The number of carbonyl (C=O) groups is 3. The summed E-state index contributed by atoms with van der Waals surface area (Å²) in [6.07, 6.45) is 3.20. The number of nitrogens with zero attached hydrogens (tertiary/aromatic N) is 2. The zero-order valence-electron chi connectivity index (χ0n) is 17.2. The van der Waals surface area contributed by atoms with Crippen LogP contribution in [0.5, 0.6) is 0 Å². The summed E-state index contributed by atoms with van der Waals surface area (Å²) in [5, 5.41) is 19.0. The molecule has 0 unspecified atom stereocenters. The summed E-state index contributed by atoms with van der Waals surface area (Å²) in [5.74, 6) is -0.878. The second kappa shape index (κ2) is 9.75. The molecule has 1 heterocycles. The summed E-state index contributed by atoms with van der Waals surface area (Å²) in [5.41, 5.74) is 9.57. The number of aromatic nitrogens is 1. The van der Waals surface area contributed by atoms with E-state index in [1.807, 2.05) is 24.3 Å². The molecule has 10 heteroatoms. The third kappa shape index (κ3) is 5.19. The lowest BCUT2D eigenvalue weighted by Gasteiger charge is -2.30. The molecular formula is C21H25N7O3. The zero-order chi connectivity index (χ0) is 22.4. The maximum Gasteiger partial charge on any atom is 0.332 e. The van der Waals surface area contributed by atoms with Gasteiger partial charge in [-0.2, -0.15) is 10.4 Å². The van der Waals surface area contributed by atoms with Gasteiger partial charge < -0.3 is 21.4 Å². The van der Waals surface area contributed by atoms with Crippen LogP contribution in [0.15, 0.2) is 29.4 Å². The van der Waals surface area contributed by atoms with Gasteiger partial charge in [-0.25, -0.2) is 10.2 Å². The van der Waals surface area contributed by atoms with Crippen LogP contribution in [0.2, 0.25) is 0 Å². The van der Waals surface area contributed by atoms with Crippen LogP contribution < -0.4 is 21.8 Å². The van der Waals surface area contributed by atoms with Crippen LogP contribution in [0.25, 0.3) is 10.9 Å². The van der Waals surface area contributed by atoms with E-state index in [0.29, 0.717) is 29.8 Å². The minimum Gasteiger partial charge on any atom is -0.350 e. The van der Waals surface area contributed by atoms with Crippen molar-refractivity contribution in [2.45, 2.75) is 38.6 Å². The van der Waals surface area contributed by atoms with Crippen molar-refractivity contribution in [1.82, 2.24) is 21.0 Å². The first-order valence-corrected chi connectivity index (χ1v) is 10.1. The number of hydrazone groups is 1. The van der Waals surface area contributed by atoms with Crippen LogP contribution in [0.3, 0.4) is 0 Å². The zero-order valence-corrected chi connectivity index (χ0v) is 17.2. The standard InChI is InChI=1S/C21H25N7O3/c1-12(27-28-21(23)31)14-7-4-5-13-11-17(25-18(13)14)20(30)26-16-8-3-2-6-15(16)19(29)24-10-9-22/h4-5,7,11,15-16,25H,2-3,6,8,10H2,1H3,(H,24,29)(H,26,30)(H3,23,28,31)/b27-12+/t15-,16+/m1/s1. The summed E-state index contributed by atoms with van der Waals surface area (Å²) >= 11 is 0. The number of para-hydroxylation sites is 1. The predicted octanol–water partition coefficient (Wildman–Crippen LogP) is 1.49. The molecule has 4 amide bonds. The quantitative estimate of drug-likeness (QED) is 0.270. The van der Waals surface area contributed by atoms with Crippen LogP contribution in [0.4, 0.5) is 4.79 Å².